The van der Waals surface area contributed by atoms with Gasteiger partial charge in [-0.25, -0.2) is 0 Å². The van der Waals surface area contributed by atoms with Crippen molar-refractivity contribution in [2.75, 3.05) is 19.0 Å². The third-order valence-electron chi connectivity index (χ3n) is 3.03. The predicted molar refractivity (Wildman–Crippen MR) is 79.1 cm³/mol. The van der Waals surface area contributed by atoms with Crippen molar-refractivity contribution >= 4 is 11.6 Å². The van der Waals surface area contributed by atoms with Crippen molar-refractivity contribution in [3.8, 4) is 5.69 Å². The molecule has 21 heavy (non-hydrogen) atoms. The van der Waals surface area contributed by atoms with Crippen molar-refractivity contribution in [1.29, 1.82) is 0 Å². The number of carbonyl (C=O) groups excluding carboxylic acids is 1. The van der Waals surface area contributed by atoms with Gasteiger partial charge in [-0.2, -0.15) is 0 Å². The molecule has 3 N–H and O–H groups in total. The molecule has 2 aromatic rings. The lowest BCUT2D eigenvalue weighted by atomic mass is 10.1. The third-order valence-corrected chi connectivity index (χ3v) is 3.03. The largest absolute Gasteiger partial charge is 0.385 e. The Labute approximate surface area is 123 Å². The normalized spacial score (nSPS) is 12.1. The summed E-state index contributed by atoms with van der Waals surface area (Å²) < 4.78 is 6.70. The number of hydrogen-bond donors (Lipinski definition) is 2. The molecule has 0 saturated carbocycles. The Bertz CT molecular complexity index is 571. The van der Waals surface area contributed by atoms with Gasteiger partial charge in [0.25, 0.3) is 0 Å². The van der Waals surface area contributed by atoms with Crippen molar-refractivity contribution in [3.63, 3.8) is 0 Å². The van der Waals surface area contributed by atoms with Crippen molar-refractivity contribution in [2.24, 2.45) is 5.73 Å². The zero-order valence-electron chi connectivity index (χ0n) is 11.9. The maximum absolute atomic E-state index is 12.0. The summed E-state index contributed by atoms with van der Waals surface area (Å²) in [4.78, 5) is 12.0. The highest BCUT2D eigenvalue weighted by atomic mass is 16.5. The SMILES string of the molecule is COCCCC(N)C(=O)Nc1cccc(-n2cnnc2)c1. The number of anilines is 1. The molecule has 0 aliphatic carbocycles. The van der Waals surface area contributed by atoms with Gasteiger partial charge in [0, 0.05) is 19.4 Å². The lowest BCUT2D eigenvalue weighted by Gasteiger charge is -2.12. The van der Waals surface area contributed by atoms with Crippen LogP contribution in [0.4, 0.5) is 5.69 Å². The Morgan fingerprint density at radius 3 is 2.90 bits per heavy atom. The molecule has 0 aliphatic heterocycles. The van der Waals surface area contributed by atoms with Crippen LogP contribution in [-0.4, -0.2) is 40.4 Å². The van der Waals surface area contributed by atoms with Crippen LogP contribution in [0.15, 0.2) is 36.9 Å². The molecule has 1 aromatic carbocycles. The summed E-state index contributed by atoms with van der Waals surface area (Å²) in [5.74, 6) is -0.202. The van der Waals surface area contributed by atoms with E-state index in [1.54, 1.807) is 24.3 Å². The van der Waals surface area contributed by atoms with Crippen LogP contribution in [0.1, 0.15) is 12.8 Å². The van der Waals surface area contributed by atoms with E-state index in [1.807, 2.05) is 24.3 Å². The van der Waals surface area contributed by atoms with Crippen LogP contribution in [-0.2, 0) is 9.53 Å². The maximum Gasteiger partial charge on any atom is 0.241 e. The molecule has 1 amide bonds. The molecule has 0 fully saturated rings. The number of aromatic nitrogens is 3. The Kier molecular flexibility index (Phi) is 5.42. The topological polar surface area (TPSA) is 95.1 Å². The second-order valence-electron chi connectivity index (χ2n) is 4.65. The molecular formula is C14H19N5O2. The van der Waals surface area contributed by atoms with Crippen LogP contribution in [0, 0.1) is 0 Å². The van der Waals surface area contributed by atoms with Crippen LogP contribution in [0.5, 0.6) is 0 Å². The highest BCUT2D eigenvalue weighted by Crippen LogP contribution is 2.14. The van der Waals surface area contributed by atoms with Crippen LogP contribution in [0.2, 0.25) is 0 Å². The molecule has 7 heteroatoms. The molecule has 0 saturated heterocycles. The van der Waals surface area contributed by atoms with Crippen LogP contribution in [0.25, 0.3) is 5.69 Å². The van der Waals surface area contributed by atoms with Crippen LogP contribution < -0.4 is 11.1 Å². The number of rotatable bonds is 7. The minimum absolute atomic E-state index is 0.202. The summed E-state index contributed by atoms with van der Waals surface area (Å²) in [5.41, 5.74) is 7.40. The predicted octanol–water partition coefficient (Wildman–Crippen LogP) is 0.960. The molecular weight excluding hydrogens is 270 g/mol. The number of hydrogen-bond acceptors (Lipinski definition) is 5. The minimum atomic E-state index is -0.543. The molecule has 1 atom stereocenters. The molecule has 1 heterocycles. The summed E-state index contributed by atoms with van der Waals surface area (Å²) in [5, 5.41) is 10.3. The summed E-state index contributed by atoms with van der Waals surface area (Å²) in [7, 11) is 1.63. The Morgan fingerprint density at radius 1 is 1.43 bits per heavy atom. The number of nitrogens with one attached hydrogen (secondary N) is 1. The fourth-order valence-corrected chi connectivity index (χ4v) is 1.89. The number of amides is 1. The zero-order chi connectivity index (χ0) is 15.1. The second kappa shape index (κ2) is 7.51. The lowest BCUT2D eigenvalue weighted by molar-refractivity contribution is -0.117. The van der Waals surface area contributed by atoms with Crippen molar-refractivity contribution in [3.05, 3.63) is 36.9 Å². The first-order valence-corrected chi connectivity index (χ1v) is 6.71. The average molecular weight is 289 g/mol. The van der Waals surface area contributed by atoms with Gasteiger partial charge in [-0.1, -0.05) is 6.07 Å². The number of nitrogens with zero attached hydrogens (tertiary/aromatic N) is 3. The molecule has 1 unspecified atom stereocenters. The van der Waals surface area contributed by atoms with E-state index in [4.69, 9.17) is 10.5 Å². The first kappa shape index (κ1) is 15.1. The van der Waals surface area contributed by atoms with Gasteiger partial charge in [0.1, 0.15) is 12.7 Å². The van der Waals surface area contributed by atoms with E-state index < -0.39 is 6.04 Å². The van der Waals surface area contributed by atoms with E-state index >= 15 is 0 Å². The summed E-state index contributed by atoms with van der Waals surface area (Å²) in [6.45, 7) is 0.601. The first-order chi connectivity index (χ1) is 10.2. The molecule has 1 aromatic heterocycles. The summed E-state index contributed by atoms with van der Waals surface area (Å²) in [6.07, 6.45) is 4.53. The minimum Gasteiger partial charge on any atom is -0.385 e. The van der Waals surface area contributed by atoms with Gasteiger partial charge in [-0.05, 0) is 31.0 Å². The van der Waals surface area contributed by atoms with E-state index in [0.29, 0.717) is 18.7 Å². The van der Waals surface area contributed by atoms with Gasteiger partial charge in [-0.15, -0.1) is 10.2 Å². The van der Waals surface area contributed by atoms with Crippen LogP contribution in [0.3, 0.4) is 0 Å². The quantitative estimate of drug-likeness (QED) is 0.740. The molecule has 112 valence electrons. The number of benzene rings is 1. The van der Waals surface area contributed by atoms with E-state index in [9.17, 15) is 4.79 Å². The first-order valence-electron chi connectivity index (χ1n) is 6.71. The number of carbonyl (C=O) groups is 1. The number of methoxy groups -OCH3 is 1. The van der Waals surface area contributed by atoms with E-state index in [0.717, 1.165) is 12.1 Å². The smallest absolute Gasteiger partial charge is 0.241 e. The van der Waals surface area contributed by atoms with E-state index in [2.05, 4.69) is 15.5 Å². The van der Waals surface area contributed by atoms with Gasteiger partial charge in [0.05, 0.1) is 11.7 Å². The van der Waals surface area contributed by atoms with Gasteiger partial charge in [0.15, 0.2) is 0 Å². The van der Waals surface area contributed by atoms with Crippen molar-refractivity contribution < 1.29 is 9.53 Å². The van der Waals surface area contributed by atoms with Crippen LogP contribution >= 0.6 is 0 Å². The standard InChI is InChI=1S/C14H19N5O2/c1-21-7-3-6-13(15)14(20)18-11-4-2-5-12(8-11)19-9-16-17-10-19/h2,4-5,8-10,13H,3,6-7,15H2,1H3,(H,18,20). The highest BCUT2D eigenvalue weighted by Gasteiger charge is 2.13. The monoisotopic (exact) mass is 289 g/mol. The average Bonchev–Trinajstić information content (AvgIpc) is 3.02. The van der Waals surface area contributed by atoms with Gasteiger partial charge < -0.3 is 15.8 Å². The fraction of sp³-hybridized carbons (Fsp3) is 0.357. The zero-order valence-corrected chi connectivity index (χ0v) is 11.9. The Morgan fingerprint density at radius 2 is 2.19 bits per heavy atom. The Balaban J connectivity index is 1.96. The molecule has 0 aliphatic rings. The van der Waals surface area contributed by atoms with Gasteiger partial charge >= 0.3 is 0 Å². The second-order valence-corrected chi connectivity index (χ2v) is 4.65. The molecule has 0 bridgehead atoms. The van der Waals surface area contributed by atoms with E-state index in [1.165, 1.54) is 0 Å². The maximum atomic E-state index is 12.0. The molecule has 0 radical (unpaired) electrons. The molecule has 2 rings (SSSR count). The van der Waals surface area contributed by atoms with Crippen molar-refractivity contribution in [1.82, 2.24) is 14.8 Å². The number of nitrogens with two attached hydrogens (primary N) is 1. The molecule has 0 spiro atoms. The van der Waals surface area contributed by atoms with Gasteiger partial charge in [0.2, 0.25) is 5.91 Å². The third kappa shape index (κ3) is 4.37. The molecule has 7 nitrogen and oxygen atoms in total. The summed E-state index contributed by atoms with van der Waals surface area (Å²) >= 11 is 0. The number of ether oxygens (including phenoxy) is 1. The van der Waals surface area contributed by atoms with Crippen molar-refractivity contribution in [2.45, 2.75) is 18.9 Å². The lowest BCUT2D eigenvalue weighted by Crippen LogP contribution is -2.35. The van der Waals surface area contributed by atoms with Gasteiger partial charge in [-0.3, -0.25) is 9.36 Å². The Hall–Kier alpha value is -2.25. The summed E-state index contributed by atoms with van der Waals surface area (Å²) in [6, 6.07) is 6.86. The van der Waals surface area contributed by atoms with E-state index in [-0.39, 0.29) is 5.91 Å². The fourth-order valence-electron chi connectivity index (χ4n) is 1.89. The highest BCUT2D eigenvalue weighted by molar-refractivity contribution is 5.94.